The number of hydrogen-bond acceptors (Lipinski definition) is 3. The van der Waals surface area contributed by atoms with Gasteiger partial charge in [-0.1, -0.05) is 12.1 Å². The van der Waals surface area contributed by atoms with E-state index < -0.39 is 0 Å². The quantitative estimate of drug-likeness (QED) is 0.669. The van der Waals surface area contributed by atoms with Crippen molar-refractivity contribution in [2.75, 3.05) is 11.9 Å². The molecule has 1 aromatic carbocycles. The second-order valence-electron chi connectivity index (χ2n) is 4.01. The van der Waals surface area contributed by atoms with E-state index >= 15 is 0 Å². The third-order valence-electron chi connectivity index (χ3n) is 2.67. The molecule has 0 amide bonds. The molecule has 0 radical (unpaired) electrons. The molecule has 94 valence electrons. The molecule has 3 nitrogen and oxygen atoms in total. The summed E-state index contributed by atoms with van der Waals surface area (Å²) in [6.45, 7) is 0.833. The van der Waals surface area contributed by atoms with Crippen molar-refractivity contribution in [1.29, 1.82) is 5.41 Å². The molecule has 1 aromatic heterocycles. The van der Waals surface area contributed by atoms with E-state index in [2.05, 4.69) is 32.3 Å². The van der Waals surface area contributed by atoms with Crippen molar-refractivity contribution in [3.05, 3.63) is 50.6 Å². The summed E-state index contributed by atoms with van der Waals surface area (Å²) < 4.78 is 1.14. The fourth-order valence-electron chi connectivity index (χ4n) is 1.66. The van der Waals surface area contributed by atoms with Gasteiger partial charge in [-0.05, 0) is 39.5 Å². The maximum atomic E-state index is 7.46. The van der Waals surface area contributed by atoms with E-state index in [1.54, 1.807) is 11.3 Å². The molecule has 0 bridgehead atoms. The van der Waals surface area contributed by atoms with Crippen molar-refractivity contribution in [3.8, 4) is 0 Å². The first kappa shape index (κ1) is 13.1. The molecule has 3 N–H and O–H groups in total. The van der Waals surface area contributed by atoms with Crippen LogP contribution < -0.4 is 10.6 Å². The Morgan fingerprint density at radius 3 is 2.83 bits per heavy atom. The van der Waals surface area contributed by atoms with E-state index in [4.69, 9.17) is 11.1 Å². The van der Waals surface area contributed by atoms with Crippen molar-refractivity contribution in [1.82, 2.24) is 0 Å². The van der Waals surface area contributed by atoms with Crippen LogP contribution in [-0.4, -0.2) is 12.9 Å². The average molecular weight is 324 g/mol. The van der Waals surface area contributed by atoms with E-state index in [9.17, 15) is 0 Å². The van der Waals surface area contributed by atoms with Gasteiger partial charge in [0.05, 0.1) is 6.54 Å². The molecule has 0 unspecified atom stereocenters. The third-order valence-corrected chi connectivity index (χ3v) is 4.58. The lowest BCUT2D eigenvalue weighted by molar-refractivity contribution is 0.936. The highest BCUT2D eigenvalue weighted by Gasteiger charge is 2.07. The van der Waals surface area contributed by atoms with Crippen LogP contribution in [0.15, 0.2) is 40.2 Å². The molecule has 0 spiro atoms. The van der Waals surface area contributed by atoms with Gasteiger partial charge in [-0.25, -0.2) is 0 Å². The van der Waals surface area contributed by atoms with Crippen LogP contribution >= 0.6 is 27.3 Å². The van der Waals surface area contributed by atoms with Gasteiger partial charge in [0.2, 0.25) is 0 Å². The molecule has 0 aliphatic rings. The zero-order valence-corrected chi connectivity index (χ0v) is 12.4. The summed E-state index contributed by atoms with van der Waals surface area (Å²) in [5.41, 5.74) is 7.31. The number of benzene rings is 1. The zero-order chi connectivity index (χ0) is 13.1. The molecule has 5 heteroatoms. The Bertz CT molecular complexity index is 565. The van der Waals surface area contributed by atoms with Gasteiger partial charge in [0.1, 0.15) is 5.84 Å². The van der Waals surface area contributed by atoms with Crippen molar-refractivity contribution in [2.45, 2.75) is 6.54 Å². The van der Waals surface area contributed by atoms with Gasteiger partial charge in [-0.3, -0.25) is 5.41 Å². The highest BCUT2D eigenvalue weighted by molar-refractivity contribution is 9.10. The minimum Gasteiger partial charge on any atom is -0.384 e. The lowest BCUT2D eigenvalue weighted by atomic mass is 10.2. The van der Waals surface area contributed by atoms with E-state index in [1.165, 1.54) is 4.88 Å². The lowest BCUT2D eigenvalue weighted by Crippen LogP contribution is -2.17. The van der Waals surface area contributed by atoms with Crippen LogP contribution in [0.5, 0.6) is 0 Å². The predicted molar refractivity (Wildman–Crippen MR) is 81.6 cm³/mol. The maximum Gasteiger partial charge on any atom is 0.122 e. The molecule has 0 aliphatic carbocycles. The standard InChI is InChI=1S/C13H14BrN3S/c1-17(8-12-11(14)5-6-18-12)10-4-2-3-9(7-10)13(15)16/h2-7H,8H2,1H3,(H3,15,16). The van der Waals surface area contributed by atoms with Crippen LogP contribution in [0.4, 0.5) is 5.69 Å². The number of nitrogens with zero attached hydrogens (tertiary/aromatic N) is 1. The molecule has 2 rings (SSSR count). The molecule has 0 fully saturated rings. The Labute approximate surface area is 119 Å². The first-order valence-electron chi connectivity index (χ1n) is 5.45. The number of anilines is 1. The van der Waals surface area contributed by atoms with Gasteiger partial charge in [0, 0.05) is 27.6 Å². The van der Waals surface area contributed by atoms with Gasteiger partial charge >= 0.3 is 0 Å². The molecule has 0 atom stereocenters. The summed E-state index contributed by atoms with van der Waals surface area (Å²) in [6, 6.07) is 9.78. The summed E-state index contributed by atoms with van der Waals surface area (Å²) in [4.78, 5) is 3.42. The van der Waals surface area contributed by atoms with Crippen LogP contribution in [-0.2, 0) is 6.54 Å². The minimum absolute atomic E-state index is 0.0996. The number of halogens is 1. The van der Waals surface area contributed by atoms with Gasteiger partial charge in [0.15, 0.2) is 0 Å². The predicted octanol–water partition coefficient (Wildman–Crippen LogP) is 3.43. The topological polar surface area (TPSA) is 53.1 Å². The maximum absolute atomic E-state index is 7.46. The fourth-order valence-corrected chi connectivity index (χ4v) is 3.19. The monoisotopic (exact) mass is 323 g/mol. The van der Waals surface area contributed by atoms with Crippen LogP contribution in [0.2, 0.25) is 0 Å². The third kappa shape index (κ3) is 2.91. The fraction of sp³-hybridized carbons (Fsp3) is 0.154. The summed E-state index contributed by atoms with van der Waals surface area (Å²) in [5.74, 6) is 0.0996. The molecule has 2 aromatic rings. The number of nitrogen functional groups attached to an aromatic ring is 1. The molecule has 1 heterocycles. The smallest absolute Gasteiger partial charge is 0.122 e. The summed E-state index contributed by atoms with van der Waals surface area (Å²) in [5, 5.41) is 9.53. The largest absolute Gasteiger partial charge is 0.384 e. The second kappa shape index (κ2) is 5.54. The van der Waals surface area contributed by atoms with Crippen LogP contribution in [0, 0.1) is 5.41 Å². The first-order chi connectivity index (χ1) is 8.58. The number of amidine groups is 1. The SMILES string of the molecule is CN(Cc1sccc1Br)c1cccc(C(=N)N)c1. The van der Waals surface area contributed by atoms with Crippen LogP contribution in [0.3, 0.4) is 0 Å². The number of rotatable bonds is 4. The molecule has 0 aliphatic heterocycles. The average Bonchev–Trinajstić information content (AvgIpc) is 2.75. The van der Waals surface area contributed by atoms with E-state index in [1.807, 2.05) is 31.3 Å². The Morgan fingerprint density at radius 2 is 2.22 bits per heavy atom. The van der Waals surface area contributed by atoms with Gasteiger partial charge in [-0.2, -0.15) is 0 Å². The van der Waals surface area contributed by atoms with Gasteiger partial charge in [-0.15, -0.1) is 11.3 Å². The number of hydrogen-bond donors (Lipinski definition) is 2. The second-order valence-corrected chi connectivity index (χ2v) is 5.87. The zero-order valence-electron chi connectivity index (χ0n) is 9.98. The molecule has 0 saturated heterocycles. The summed E-state index contributed by atoms with van der Waals surface area (Å²) >= 11 is 5.26. The number of nitrogens with one attached hydrogen (secondary N) is 1. The summed E-state index contributed by atoms with van der Waals surface area (Å²) in [7, 11) is 2.03. The number of thiophene rings is 1. The van der Waals surface area contributed by atoms with Crippen LogP contribution in [0.1, 0.15) is 10.4 Å². The van der Waals surface area contributed by atoms with Crippen molar-refractivity contribution in [3.63, 3.8) is 0 Å². The lowest BCUT2D eigenvalue weighted by Gasteiger charge is -2.19. The van der Waals surface area contributed by atoms with Crippen molar-refractivity contribution >= 4 is 38.8 Å². The number of nitrogens with two attached hydrogens (primary N) is 1. The van der Waals surface area contributed by atoms with E-state index in [-0.39, 0.29) is 5.84 Å². The Kier molecular flexibility index (Phi) is 4.04. The Hall–Kier alpha value is -1.33. The van der Waals surface area contributed by atoms with E-state index in [0.29, 0.717) is 0 Å². The van der Waals surface area contributed by atoms with E-state index in [0.717, 1.165) is 22.3 Å². The molecule has 0 saturated carbocycles. The van der Waals surface area contributed by atoms with Gasteiger partial charge in [0.25, 0.3) is 0 Å². The highest BCUT2D eigenvalue weighted by atomic mass is 79.9. The van der Waals surface area contributed by atoms with Gasteiger partial charge < -0.3 is 10.6 Å². The first-order valence-corrected chi connectivity index (χ1v) is 7.12. The summed E-state index contributed by atoms with van der Waals surface area (Å²) in [6.07, 6.45) is 0. The highest BCUT2D eigenvalue weighted by Crippen LogP contribution is 2.26. The molecule has 18 heavy (non-hydrogen) atoms. The van der Waals surface area contributed by atoms with Crippen LogP contribution in [0.25, 0.3) is 0 Å². The van der Waals surface area contributed by atoms with Crippen molar-refractivity contribution < 1.29 is 0 Å². The molecular weight excluding hydrogens is 310 g/mol. The normalized spacial score (nSPS) is 10.3. The minimum atomic E-state index is 0.0996. The molecular formula is C13H14BrN3S. The Morgan fingerprint density at radius 1 is 1.44 bits per heavy atom. The Balaban J connectivity index is 2.18. The van der Waals surface area contributed by atoms with Crippen molar-refractivity contribution in [2.24, 2.45) is 5.73 Å².